The van der Waals surface area contributed by atoms with Crippen LogP contribution in [0, 0.1) is 0 Å². The third-order valence-corrected chi connectivity index (χ3v) is 8.19. The van der Waals surface area contributed by atoms with Gasteiger partial charge in [0.05, 0.1) is 17.7 Å². The van der Waals surface area contributed by atoms with Crippen molar-refractivity contribution in [1.29, 1.82) is 0 Å². The molecular weight excluding hydrogens is 432 g/mol. The lowest BCUT2D eigenvalue weighted by molar-refractivity contribution is 0.0972. The quantitative estimate of drug-likeness (QED) is 0.535. The summed E-state index contributed by atoms with van der Waals surface area (Å²) in [4.78, 5) is 26.7. The Labute approximate surface area is 186 Å². The van der Waals surface area contributed by atoms with E-state index in [1.807, 2.05) is 12.3 Å². The van der Waals surface area contributed by atoms with Gasteiger partial charge in [0, 0.05) is 44.2 Å². The first kappa shape index (κ1) is 21.1. The van der Waals surface area contributed by atoms with Crippen molar-refractivity contribution in [1.82, 2.24) is 24.4 Å². The molecular formula is C21H26N6O4S. The lowest BCUT2D eigenvalue weighted by Gasteiger charge is -2.27. The molecule has 0 aromatic carbocycles. The van der Waals surface area contributed by atoms with Crippen molar-refractivity contribution in [3.05, 3.63) is 35.6 Å². The maximum Gasteiger partial charge on any atom is 0.214 e. The van der Waals surface area contributed by atoms with Crippen LogP contribution in [0.3, 0.4) is 0 Å². The fraction of sp³-hybridized carbons (Fsp3) is 0.524. The molecule has 3 aromatic rings. The van der Waals surface area contributed by atoms with Crippen molar-refractivity contribution in [2.75, 3.05) is 30.3 Å². The number of nitrogens with one attached hydrogen (secondary N) is 1. The van der Waals surface area contributed by atoms with Crippen LogP contribution in [0.25, 0.3) is 11.0 Å². The van der Waals surface area contributed by atoms with Crippen LogP contribution < -0.4 is 4.90 Å². The first-order valence-electron chi connectivity index (χ1n) is 11.0. The van der Waals surface area contributed by atoms with E-state index < -0.39 is 10.0 Å². The van der Waals surface area contributed by atoms with Crippen LogP contribution in [0.4, 0.5) is 5.82 Å². The Morgan fingerprint density at radius 2 is 2.00 bits per heavy atom. The molecule has 0 atom stereocenters. The van der Waals surface area contributed by atoms with E-state index in [9.17, 15) is 13.2 Å². The minimum atomic E-state index is -3.31. The van der Waals surface area contributed by atoms with Gasteiger partial charge in [-0.05, 0) is 25.3 Å². The van der Waals surface area contributed by atoms with Crippen LogP contribution in [-0.4, -0.2) is 64.0 Å². The summed E-state index contributed by atoms with van der Waals surface area (Å²) in [6.45, 7) is 2.32. The Morgan fingerprint density at radius 3 is 2.84 bits per heavy atom. The molecule has 5 rings (SSSR count). The van der Waals surface area contributed by atoms with E-state index in [1.165, 1.54) is 6.33 Å². The van der Waals surface area contributed by atoms with Gasteiger partial charge in [-0.2, -0.15) is 0 Å². The number of H-pyrrole nitrogens is 1. The van der Waals surface area contributed by atoms with Gasteiger partial charge in [-0.25, -0.2) is 22.7 Å². The molecule has 1 saturated heterocycles. The maximum atomic E-state index is 12.9. The first-order valence-corrected chi connectivity index (χ1v) is 12.7. The Kier molecular flexibility index (Phi) is 5.68. The molecule has 0 saturated carbocycles. The normalized spacial score (nSPS) is 17.6. The molecule has 2 aliphatic heterocycles. The van der Waals surface area contributed by atoms with E-state index in [1.54, 1.807) is 4.31 Å². The van der Waals surface area contributed by atoms with Crippen molar-refractivity contribution in [2.24, 2.45) is 0 Å². The van der Waals surface area contributed by atoms with Crippen LogP contribution in [0.15, 0.2) is 23.1 Å². The highest BCUT2D eigenvalue weighted by atomic mass is 32.2. The van der Waals surface area contributed by atoms with Gasteiger partial charge in [-0.3, -0.25) is 4.79 Å². The van der Waals surface area contributed by atoms with Gasteiger partial charge in [-0.1, -0.05) is 11.6 Å². The number of ketones is 1. The van der Waals surface area contributed by atoms with Crippen LogP contribution in [0.2, 0.25) is 0 Å². The molecule has 1 fully saturated rings. The summed E-state index contributed by atoms with van der Waals surface area (Å²) in [5.74, 6) is 1.32. The minimum absolute atomic E-state index is 0.0166. The van der Waals surface area contributed by atoms with Crippen molar-refractivity contribution in [2.45, 2.75) is 45.1 Å². The number of aromatic nitrogens is 4. The fourth-order valence-corrected chi connectivity index (χ4v) is 6.11. The third kappa shape index (κ3) is 4.02. The highest BCUT2D eigenvalue weighted by Crippen LogP contribution is 2.30. The number of piperidine rings is 1. The molecule has 0 spiro atoms. The van der Waals surface area contributed by atoms with Gasteiger partial charge in [0.15, 0.2) is 11.5 Å². The fourth-order valence-electron chi connectivity index (χ4n) is 4.53. The number of carbonyl (C=O) groups is 1. The zero-order valence-corrected chi connectivity index (χ0v) is 18.6. The lowest BCUT2D eigenvalue weighted by Crippen LogP contribution is -2.37. The third-order valence-electron chi connectivity index (χ3n) is 6.24. The Bertz CT molecular complexity index is 1230. The molecule has 3 aromatic heterocycles. The molecule has 10 nitrogen and oxygen atoms in total. The van der Waals surface area contributed by atoms with Crippen molar-refractivity contribution < 1.29 is 17.7 Å². The van der Waals surface area contributed by atoms with Crippen LogP contribution >= 0.6 is 0 Å². The summed E-state index contributed by atoms with van der Waals surface area (Å²) in [6.07, 6.45) is 7.25. The van der Waals surface area contributed by atoms with E-state index in [0.717, 1.165) is 41.7 Å². The largest absolute Gasteiger partial charge is 0.360 e. The predicted octanol–water partition coefficient (Wildman–Crippen LogP) is 2.29. The van der Waals surface area contributed by atoms with E-state index in [-0.39, 0.29) is 24.4 Å². The van der Waals surface area contributed by atoms with E-state index in [2.05, 4.69) is 25.0 Å². The number of sulfonamides is 1. The molecule has 32 heavy (non-hydrogen) atoms. The molecule has 11 heteroatoms. The lowest BCUT2D eigenvalue weighted by atomic mass is 10.0. The molecule has 0 aliphatic carbocycles. The van der Waals surface area contributed by atoms with Gasteiger partial charge in [-0.15, -0.1) is 0 Å². The van der Waals surface area contributed by atoms with Gasteiger partial charge in [0.1, 0.15) is 23.6 Å². The molecule has 0 unspecified atom stereocenters. The summed E-state index contributed by atoms with van der Waals surface area (Å²) in [6, 6.07) is 1.93. The summed E-state index contributed by atoms with van der Waals surface area (Å²) in [5.41, 5.74) is 1.83. The molecule has 170 valence electrons. The molecule has 0 radical (unpaired) electrons. The summed E-state index contributed by atoms with van der Waals surface area (Å²) < 4.78 is 32.1. The van der Waals surface area contributed by atoms with E-state index in [4.69, 9.17) is 4.52 Å². The number of rotatable bonds is 7. The molecule has 5 heterocycles. The monoisotopic (exact) mass is 458 g/mol. The number of nitrogens with zero attached hydrogens (tertiary/aromatic N) is 5. The standard InChI is InChI=1S/C21H26N6O4S/c28-17(5-4-12-32(29,30)27-9-2-1-3-10-27)19-16-13-26(11-7-18(16)31-25-19)21-15-6-8-22-20(15)23-14-24-21/h6,8,14H,1-5,7,9-13H2,(H,22,23,24). The SMILES string of the molecule is O=C(CCCS(=O)(=O)N1CCCCC1)c1noc2c1CN(c1ncnc3[nH]ccc13)CC2. The highest BCUT2D eigenvalue weighted by Gasteiger charge is 2.29. The zero-order chi connectivity index (χ0) is 22.1. The van der Waals surface area contributed by atoms with E-state index in [0.29, 0.717) is 44.1 Å². The van der Waals surface area contributed by atoms with Gasteiger partial charge in [0.25, 0.3) is 0 Å². The second-order valence-electron chi connectivity index (χ2n) is 8.34. The average Bonchev–Trinajstić information content (AvgIpc) is 3.46. The minimum Gasteiger partial charge on any atom is -0.360 e. The molecule has 2 aliphatic rings. The zero-order valence-electron chi connectivity index (χ0n) is 17.8. The van der Waals surface area contributed by atoms with Crippen LogP contribution in [0.1, 0.15) is 53.9 Å². The van der Waals surface area contributed by atoms with Crippen molar-refractivity contribution in [3.63, 3.8) is 0 Å². The van der Waals surface area contributed by atoms with Gasteiger partial charge in [0.2, 0.25) is 10.0 Å². The molecule has 1 N–H and O–H groups in total. The Balaban J connectivity index is 1.26. The number of hydrogen-bond donors (Lipinski definition) is 1. The molecule has 0 amide bonds. The maximum absolute atomic E-state index is 12.9. The smallest absolute Gasteiger partial charge is 0.214 e. The number of carbonyl (C=O) groups excluding carboxylic acids is 1. The predicted molar refractivity (Wildman–Crippen MR) is 118 cm³/mol. The summed E-state index contributed by atoms with van der Waals surface area (Å²) in [7, 11) is -3.31. The van der Waals surface area contributed by atoms with Gasteiger partial charge < -0.3 is 14.4 Å². The number of anilines is 1. The summed E-state index contributed by atoms with van der Waals surface area (Å²) >= 11 is 0. The highest BCUT2D eigenvalue weighted by molar-refractivity contribution is 7.89. The Morgan fingerprint density at radius 1 is 1.16 bits per heavy atom. The van der Waals surface area contributed by atoms with Gasteiger partial charge >= 0.3 is 0 Å². The first-order chi connectivity index (χ1) is 15.5. The second-order valence-corrected chi connectivity index (χ2v) is 10.4. The van der Waals surface area contributed by atoms with Crippen LogP contribution in [0.5, 0.6) is 0 Å². The second kappa shape index (κ2) is 8.62. The summed E-state index contributed by atoms with van der Waals surface area (Å²) in [5, 5.41) is 4.95. The molecule has 0 bridgehead atoms. The van der Waals surface area contributed by atoms with E-state index >= 15 is 0 Å². The number of aromatic amines is 1. The topological polar surface area (TPSA) is 125 Å². The average molecular weight is 459 g/mol. The van der Waals surface area contributed by atoms with Crippen LogP contribution in [-0.2, 0) is 23.0 Å². The van der Waals surface area contributed by atoms with Crippen molar-refractivity contribution >= 4 is 32.7 Å². The number of Topliss-reactive ketones (excluding diaryl/α,β-unsaturated/α-hetero) is 1. The van der Waals surface area contributed by atoms with Crippen molar-refractivity contribution in [3.8, 4) is 0 Å². The number of fused-ring (bicyclic) bond motifs is 2. The Hall–Kier alpha value is -2.79. The number of hydrogen-bond acceptors (Lipinski definition) is 8.